The molecule has 2 aromatic heterocycles. The normalized spacial score (nSPS) is 10.6. The Balaban J connectivity index is 2.09. The van der Waals surface area contributed by atoms with Crippen LogP contribution in [0, 0.1) is 6.92 Å². The second kappa shape index (κ2) is 6.09. The summed E-state index contributed by atoms with van der Waals surface area (Å²) in [6.07, 6.45) is 0. The van der Waals surface area contributed by atoms with Crippen LogP contribution in [0.15, 0.2) is 51.6 Å². The van der Waals surface area contributed by atoms with E-state index in [0.717, 1.165) is 15.9 Å². The molecular formula is C15H11BrN2OS2. The highest BCUT2D eigenvalue weighted by molar-refractivity contribution is 9.10. The summed E-state index contributed by atoms with van der Waals surface area (Å²) in [5.41, 5.74) is 1.73. The third-order valence-electron chi connectivity index (χ3n) is 2.83. The Morgan fingerprint density at radius 1 is 1.19 bits per heavy atom. The molecule has 0 unspecified atom stereocenters. The lowest BCUT2D eigenvalue weighted by molar-refractivity contribution is 0.100. The van der Waals surface area contributed by atoms with Crippen LogP contribution in [0.5, 0.6) is 0 Å². The first-order valence-electron chi connectivity index (χ1n) is 6.21. The quantitative estimate of drug-likeness (QED) is 0.622. The van der Waals surface area contributed by atoms with Crippen LogP contribution in [0.25, 0.3) is 0 Å². The molecule has 0 saturated heterocycles. The molecule has 0 N–H and O–H groups in total. The molecule has 1 amide bonds. The lowest BCUT2D eigenvalue weighted by Crippen LogP contribution is -2.25. The molecule has 3 aromatic rings. The van der Waals surface area contributed by atoms with Gasteiger partial charge in [-0.15, -0.1) is 22.7 Å². The summed E-state index contributed by atoms with van der Waals surface area (Å²) in [6, 6.07) is 11.5. The first-order valence-corrected chi connectivity index (χ1v) is 8.76. The molecule has 0 aliphatic rings. The molecular weight excluding hydrogens is 368 g/mol. The van der Waals surface area contributed by atoms with E-state index < -0.39 is 0 Å². The minimum absolute atomic E-state index is 0.0718. The molecule has 6 heteroatoms. The zero-order valence-electron chi connectivity index (χ0n) is 11.1. The van der Waals surface area contributed by atoms with Gasteiger partial charge in [-0.05, 0) is 46.4 Å². The van der Waals surface area contributed by atoms with Crippen LogP contribution in [0.3, 0.4) is 0 Å². The lowest BCUT2D eigenvalue weighted by atomic mass is 10.3. The van der Waals surface area contributed by atoms with E-state index in [1.54, 1.807) is 4.90 Å². The number of carbonyl (C=O) groups excluding carboxylic acids is 1. The van der Waals surface area contributed by atoms with Gasteiger partial charge in [0.05, 0.1) is 11.4 Å². The monoisotopic (exact) mass is 378 g/mol. The molecule has 2 heterocycles. The molecule has 21 heavy (non-hydrogen) atoms. The van der Waals surface area contributed by atoms with Crippen LogP contribution < -0.4 is 4.90 Å². The van der Waals surface area contributed by atoms with E-state index in [2.05, 4.69) is 20.9 Å². The molecule has 0 aliphatic carbocycles. The van der Waals surface area contributed by atoms with Crippen molar-refractivity contribution in [3.8, 4) is 0 Å². The van der Waals surface area contributed by atoms with E-state index in [1.807, 2.05) is 54.1 Å². The van der Waals surface area contributed by atoms with Gasteiger partial charge in [0.1, 0.15) is 4.88 Å². The second-order valence-corrected chi connectivity index (χ2v) is 6.95. The van der Waals surface area contributed by atoms with Crippen molar-refractivity contribution in [3.05, 3.63) is 62.2 Å². The third kappa shape index (κ3) is 2.92. The molecule has 106 valence electrons. The van der Waals surface area contributed by atoms with E-state index in [9.17, 15) is 4.79 Å². The zero-order chi connectivity index (χ0) is 14.8. The van der Waals surface area contributed by atoms with Crippen LogP contribution in [0.2, 0.25) is 0 Å². The summed E-state index contributed by atoms with van der Waals surface area (Å²) in [5, 5.41) is 4.53. The standard InChI is InChI=1S/C15H11BrN2OS2/c1-10-9-21-15(17-10)18(11-5-3-2-4-6-11)14(19)13-12(16)7-8-20-13/h2-9H,1H3. The van der Waals surface area contributed by atoms with Gasteiger partial charge >= 0.3 is 0 Å². The van der Waals surface area contributed by atoms with Gasteiger partial charge in [0.2, 0.25) is 0 Å². The lowest BCUT2D eigenvalue weighted by Gasteiger charge is -2.19. The van der Waals surface area contributed by atoms with Crippen LogP contribution >= 0.6 is 38.6 Å². The van der Waals surface area contributed by atoms with Crippen molar-refractivity contribution < 1.29 is 4.79 Å². The van der Waals surface area contributed by atoms with Crippen molar-refractivity contribution in [3.63, 3.8) is 0 Å². The van der Waals surface area contributed by atoms with Gasteiger partial charge in [-0.25, -0.2) is 4.98 Å². The second-order valence-electron chi connectivity index (χ2n) is 4.35. The molecule has 1 aromatic carbocycles. The number of nitrogens with zero attached hydrogens (tertiary/aromatic N) is 2. The molecule has 0 saturated carbocycles. The Labute approximate surface area is 139 Å². The number of amides is 1. The number of anilines is 2. The number of hydrogen-bond acceptors (Lipinski definition) is 4. The summed E-state index contributed by atoms with van der Waals surface area (Å²) in [6.45, 7) is 1.93. The Hall–Kier alpha value is -1.50. The van der Waals surface area contributed by atoms with Gasteiger partial charge in [-0.2, -0.15) is 0 Å². The summed E-state index contributed by atoms with van der Waals surface area (Å²) in [5.74, 6) is -0.0718. The molecule has 0 radical (unpaired) electrons. The SMILES string of the molecule is Cc1csc(N(C(=O)c2sccc2Br)c2ccccc2)n1. The van der Waals surface area contributed by atoms with Gasteiger partial charge in [0.25, 0.3) is 5.91 Å². The number of rotatable bonds is 3. The first-order chi connectivity index (χ1) is 10.2. The molecule has 3 rings (SSSR count). The van der Waals surface area contributed by atoms with Crippen molar-refractivity contribution in [1.82, 2.24) is 4.98 Å². The Kier molecular flexibility index (Phi) is 4.19. The van der Waals surface area contributed by atoms with Gasteiger partial charge in [0, 0.05) is 9.85 Å². The fraction of sp³-hybridized carbons (Fsp3) is 0.0667. The highest BCUT2D eigenvalue weighted by atomic mass is 79.9. The molecule has 0 bridgehead atoms. The number of para-hydroxylation sites is 1. The van der Waals surface area contributed by atoms with Crippen LogP contribution in [0.1, 0.15) is 15.4 Å². The van der Waals surface area contributed by atoms with Crippen molar-refractivity contribution >= 4 is 55.3 Å². The third-order valence-corrected chi connectivity index (χ3v) is 5.60. The number of hydrogen-bond donors (Lipinski definition) is 0. The minimum atomic E-state index is -0.0718. The van der Waals surface area contributed by atoms with Gasteiger partial charge in [0.15, 0.2) is 5.13 Å². The number of carbonyl (C=O) groups is 1. The highest BCUT2D eigenvalue weighted by Crippen LogP contribution is 2.33. The number of thiazole rings is 1. The first kappa shape index (κ1) is 14.4. The van der Waals surface area contributed by atoms with Gasteiger partial charge < -0.3 is 0 Å². The van der Waals surface area contributed by atoms with Gasteiger partial charge in [-0.1, -0.05) is 18.2 Å². The maximum absolute atomic E-state index is 12.9. The molecule has 0 spiro atoms. The number of thiophene rings is 1. The minimum Gasteiger partial charge on any atom is -0.267 e. The van der Waals surface area contributed by atoms with E-state index in [0.29, 0.717) is 10.0 Å². The smallest absolute Gasteiger partial charge is 0.267 e. The number of aromatic nitrogens is 1. The summed E-state index contributed by atoms with van der Waals surface area (Å²) in [7, 11) is 0. The molecule has 0 atom stereocenters. The molecule has 3 nitrogen and oxygen atoms in total. The van der Waals surface area contributed by atoms with Crippen molar-refractivity contribution in [2.75, 3.05) is 4.90 Å². The van der Waals surface area contributed by atoms with Crippen molar-refractivity contribution in [2.45, 2.75) is 6.92 Å². The van der Waals surface area contributed by atoms with E-state index in [4.69, 9.17) is 0 Å². The van der Waals surface area contributed by atoms with Gasteiger partial charge in [-0.3, -0.25) is 9.69 Å². The summed E-state index contributed by atoms with van der Waals surface area (Å²) >= 11 is 6.32. The largest absolute Gasteiger partial charge is 0.275 e. The Bertz CT molecular complexity index is 767. The van der Waals surface area contributed by atoms with Crippen molar-refractivity contribution in [1.29, 1.82) is 0 Å². The summed E-state index contributed by atoms with van der Waals surface area (Å²) < 4.78 is 0.812. The van der Waals surface area contributed by atoms with Crippen LogP contribution in [0.4, 0.5) is 10.8 Å². The predicted molar refractivity (Wildman–Crippen MR) is 91.8 cm³/mol. The average molecular weight is 379 g/mol. The highest BCUT2D eigenvalue weighted by Gasteiger charge is 2.24. The topological polar surface area (TPSA) is 33.2 Å². The van der Waals surface area contributed by atoms with Crippen LogP contribution in [-0.2, 0) is 0 Å². The van der Waals surface area contributed by atoms with E-state index >= 15 is 0 Å². The van der Waals surface area contributed by atoms with E-state index in [-0.39, 0.29) is 5.91 Å². The maximum Gasteiger partial charge on any atom is 0.275 e. The fourth-order valence-corrected chi connectivity index (χ4v) is 4.17. The maximum atomic E-state index is 12.9. The Morgan fingerprint density at radius 3 is 2.52 bits per heavy atom. The van der Waals surface area contributed by atoms with Crippen LogP contribution in [-0.4, -0.2) is 10.9 Å². The number of benzene rings is 1. The summed E-state index contributed by atoms with van der Waals surface area (Å²) in [4.78, 5) is 19.7. The van der Waals surface area contributed by atoms with E-state index in [1.165, 1.54) is 22.7 Å². The number of halogens is 1. The molecule has 0 fully saturated rings. The number of aryl methyl sites for hydroxylation is 1. The fourth-order valence-electron chi connectivity index (χ4n) is 1.88. The predicted octanol–water partition coefficient (Wildman–Crippen LogP) is 5.25. The molecule has 0 aliphatic heterocycles. The van der Waals surface area contributed by atoms with Crippen molar-refractivity contribution in [2.24, 2.45) is 0 Å². The zero-order valence-corrected chi connectivity index (χ0v) is 14.3. The average Bonchev–Trinajstić information content (AvgIpc) is 3.09. The Morgan fingerprint density at radius 2 is 1.95 bits per heavy atom.